The maximum Gasteiger partial charge on any atom is 0.341 e. The van der Waals surface area contributed by atoms with Crippen molar-refractivity contribution in [2.24, 2.45) is 0 Å². The number of nitrogens with one attached hydrogen (secondary N) is 1. The average molecular weight is 139 g/mol. The Morgan fingerprint density at radius 1 is 1.88 bits per heavy atom. The van der Waals surface area contributed by atoms with Crippen molar-refractivity contribution in [1.82, 2.24) is 5.32 Å². The summed E-state index contributed by atoms with van der Waals surface area (Å²) in [6.45, 7) is 0. The second-order valence-electron chi connectivity index (χ2n) is 1.33. The molecular weight excluding hydrogens is 129 g/mol. The van der Waals surface area contributed by atoms with Crippen LogP contribution in [0.5, 0.6) is 0 Å². The van der Waals surface area contributed by atoms with E-state index in [0.717, 1.165) is 0 Å². The van der Waals surface area contributed by atoms with Crippen LogP contribution in [0.2, 0.25) is 0 Å². The Morgan fingerprint density at radius 3 is 2.50 bits per heavy atom. The minimum absolute atomic E-state index is 0.00347. The van der Waals surface area contributed by atoms with Crippen LogP contribution in [0.3, 0.4) is 0 Å². The lowest BCUT2D eigenvalue weighted by Gasteiger charge is -2.05. The number of hydrogen-bond donors (Lipinski definition) is 2. The monoisotopic (exact) mass is 139 g/mol. The fourth-order valence-electron chi connectivity index (χ4n) is 0.264. The van der Waals surface area contributed by atoms with Crippen LogP contribution in [-0.2, 0) is 9.09 Å². The first-order valence-corrected chi connectivity index (χ1v) is 3.91. The molecule has 0 radical (unpaired) electrons. The van der Waals surface area contributed by atoms with Crippen LogP contribution < -0.4 is 5.32 Å². The van der Waals surface area contributed by atoms with Gasteiger partial charge in [0.15, 0.2) is 0 Å². The summed E-state index contributed by atoms with van der Waals surface area (Å²) in [6.07, 6.45) is 0.00347. The zero-order valence-corrected chi connectivity index (χ0v) is 5.81. The van der Waals surface area contributed by atoms with E-state index < -0.39 is 7.60 Å². The normalized spacial score (nSPS) is 17.9. The molecule has 0 aliphatic heterocycles. The maximum atomic E-state index is 10.5. The first-order chi connectivity index (χ1) is 3.62. The molecule has 0 saturated carbocycles. The molecule has 2 N–H and O–H groups in total. The van der Waals surface area contributed by atoms with E-state index in [-0.39, 0.29) is 6.29 Å². The molecule has 50 valence electrons. The van der Waals surface area contributed by atoms with Gasteiger partial charge >= 0.3 is 7.60 Å². The van der Waals surface area contributed by atoms with Gasteiger partial charge in [0.1, 0.15) is 0 Å². The molecule has 8 heavy (non-hydrogen) atoms. The highest BCUT2D eigenvalue weighted by molar-refractivity contribution is 7.52. The Morgan fingerprint density at radius 2 is 2.38 bits per heavy atom. The Bertz CT molecular complexity index is 105. The molecule has 4 nitrogen and oxygen atoms in total. The van der Waals surface area contributed by atoms with Gasteiger partial charge in [-0.05, 0) is 7.05 Å². The fourth-order valence-corrected chi connectivity index (χ4v) is 0.793. The third kappa shape index (κ3) is 3.16. The van der Waals surface area contributed by atoms with Crippen LogP contribution in [-0.4, -0.2) is 25.3 Å². The van der Waals surface area contributed by atoms with Crippen molar-refractivity contribution in [3.8, 4) is 0 Å². The van der Waals surface area contributed by atoms with E-state index in [1.54, 1.807) is 7.05 Å². The van der Waals surface area contributed by atoms with Gasteiger partial charge < -0.3 is 14.7 Å². The minimum Gasteiger partial charge on any atom is -0.323 e. The first kappa shape index (κ1) is 8.11. The van der Waals surface area contributed by atoms with Gasteiger partial charge in [-0.25, -0.2) is 0 Å². The lowest BCUT2D eigenvalue weighted by atomic mass is 11.3. The average Bonchev–Trinajstić information content (AvgIpc) is 1.67. The third-order valence-corrected chi connectivity index (χ3v) is 1.93. The van der Waals surface area contributed by atoms with E-state index >= 15 is 0 Å². The quantitative estimate of drug-likeness (QED) is 0.540. The minimum atomic E-state index is -3.28. The molecule has 0 bridgehead atoms. The molecule has 1 unspecified atom stereocenters. The molecule has 0 aromatic rings. The Labute approximate surface area is 48.4 Å². The van der Waals surface area contributed by atoms with E-state index in [0.29, 0.717) is 0 Å². The van der Waals surface area contributed by atoms with E-state index in [1.807, 2.05) is 0 Å². The van der Waals surface area contributed by atoms with Crippen LogP contribution in [0.25, 0.3) is 0 Å². The molecule has 0 saturated heterocycles. The van der Waals surface area contributed by atoms with Crippen molar-refractivity contribution in [2.45, 2.75) is 0 Å². The molecule has 0 aliphatic carbocycles. The molecule has 0 amide bonds. The van der Waals surface area contributed by atoms with Crippen molar-refractivity contribution in [3.63, 3.8) is 0 Å². The van der Waals surface area contributed by atoms with Gasteiger partial charge in [0.25, 0.3) is 0 Å². The molecule has 0 aromatic heterocycles. The summed E-state index contributed by atoms with van der Waals surface area (Å²) in [7, 11) is -0.493. The summed E-state index contributed by atoms with van der Waals surface area (Å²) in [5.74, 6) is 0. The van der Waals surface area contributed by atoms with E-state index in [4.69, 9.17) is 4.89 Å². The highest BCUT2D eigenvalue weighted by atomic mass is 31.2. The standard InChI is InChI=1S/C3H10NO3P/c1-4-3-8(5,6)7-2/h4H,3H2,1-2H3,(H,5,6). The predicted molar refractivity (Wildman–Crippen MR) is 30.8 cm³/mol. The molecule has 0 rings (SSSR count). The summed E-state index contributed by atoms with van der Waals surface area (Å²) in [4.78, 5) is 8.59. The lowest BCUT2D eigenvalue weighted by Crippen LogP contribution is -2.08. The van der Waals surface area contributed by atoms with Gasteiger partial charge in [-0.1, -0.05) is 0 Å². The van der Waals surface area contributed by atoms with Crippen LogP contribution in [0.15, 0.2) is 0 Å². The SMILES string of the molecule is CNCP(=O)(O)OC. The lowest BCUT2D eigenvalue weighted by molar-refractivity contribution is 0.313. The summed E-state index contributed by atoms with van der Waals surface area (Å²) < 4.78 is 14.7. The highest BCUT2D eigenvalue weighted by Gasteiger charge is 2.13. The zero-order valence-electron chi connectivity index (χ0n) is 4.92. The number of hydrogen-bond acceptors (Lipinski definition) is 3. The maximum absolute atomic E-state index is 10.5. The number of rotatable bonds is 3. The van der Waals surface area contributed by atoms with E-state index in [9.17, 15) is 4.57 Å². The highest BCUT2D eigenvalue weighted by Crippen LogP contribution is 2.38. The van der Waals surface area contributed by atoms with Gasteiger partial charge in [-0.3, -0.25) is 4.57 Å². The van der Waals surface area contributed by atoms with E-state index in [1.165, 1.54) is 7.11 Å². The van der Waals surface area contributed by atoms with Crippen LogP contribution >= 0.6 is 7.60 Å². The molecule has 0 spiro atoms. The summed E-state index contributed by atoms with van der Waals surface area (Å²) in [5, 5.41) is 2.52. The van der Waals surface area contributed by atoms with Crippen LogP contribution in [0, 0.1) is 0 Å². The van der Waals surface area contributed by atoms with Gasteiger partial charge in [0.05, 0.1) is 6.29 Å². The molecule has 5 heteroatoms. The second-order valence-corrected chi connectivity index (χ2v) is 3.29. The van der Waals surface area contributed by atoms with Crippen molar-refractivity contribution in [1.29, 1.82) is 0 Å². The molecule has 0 aromatic carbocycles. The second kappa shape index (κ2) is 3.20. The zero-order chi connectivity index (χ0) is 6.62. The Hall–Kier alpha value is 0.110. The Kier molecular flexibility index (Phi) is 3.24. The van der Waals surface area contributed by atoms with Crippen molar-refractivity contribution < 1.29 is 14.0 Å². The smallest absolute Gasteiger partial charge is 0.323 e. The molecule has 0 fully saturated rings. The van der Waals surface area contributed by atoms with Crippen LogP contribution in [0.1, 0.15) is 0 Å². The summed E-state index contributed by atoms with van der Waals surface area (Å²) >= 11 is 0. The molecule has 0 aliphatic rings. The molecule has 1 atom stereocenters. The van der Waals surface area contributed by atoms with Crippen molar-refractivity contribution >= 4 is 7.60 Å². The fraction of sp³-hybridized carbons (Fsp3) is 1.00. The first-order valence-electron chi connectivity index (χ1n) is 2.14. The topological polar surface area (TPSA) is 58.6 Å². The van der Waals surface area contributed by atoms with Gasteiger partial charge in [0, 0.05) is 7.11 Å². The van der Waals surface area contributed by atoms with Gasteiger partial charge in [-0.2, -0.15) is 0 Å². The summed E-state index contributed by atoms with van der Waals surface area (Å²) in [5.41, 5.74) is 0. The molecular formula is C3H10NO3P. The third-order valence-electron chi connectivity index (χ3n) is 0.643. The molecule has 0 heterocycles. The van der Waals surface area contributed by atoms with Crippen LogP contribution in [0.4, 0.5) is 0 Å². The van der Waals surface area contributed by atoms with Gasteiger partial charge in [0.2, 0.25) is 0 Å². The largest absolute Gasteiger partial charge is 0.341 e. The Balaban J connectivity index is 3.55. The van der Waals surface area contributed by atoms with Crippen molar-refractivity contribution in [3.05, 3.63) is 0 Å². The summed E-state index contributed by atoms with van der Waals surface area (Å²) in [6, 6.07) is 0. The van der Waals surface area contributed by atoms with E-state index in [2.05, 4.69) is 9.84 Å². The van der Waals surface area contributed by atoms with Gasteiger partial charge in [-0.15, -0.1) is 0 Å². The predicted octanol–water partition coefficient (Wildman–Crippen LogP) is -0.00490. The van der Waals surface area contributed by atoms with Crippen molar-refractivity contribution in [2.75, 3.05) is 20.4 Å².